The summed E-state index contributed by atoms with van der Waals surface area (Å²) in [6, 6.07) is 4.33. The Morgan fingerprint density at radius 1 is 1.41 bits per heavy atom. The minimum absolute atomic E-state index is 0.0387. The third-order valence-electron chi connectivity index (χ3n) is 4.41. The lowest BCUT2D eigenvalue weighted by molar-refractivity contribution is 0.136. The molecule has 3 aromatic rings. The quantitative estimate of drug-likeness (QED) is 0.500. The normalized spacial score (nSPS) is 16.1. The Kier molecular flexibility index (Phi) is 4.85. The van der Waals surface area contributed by atoms with Crippen molar-refractivity contribution >= 4 is 17.9 Å². The van der Waals surface area contributed by atoms with Crippen LogP contribution in [-0.2, 0) is 11.2 Å². The van der Waals surface area contributed by atoms with Gasteiger partial charge in [0.05, 0.1) is 30.0 Å². The van der Waals surface area contributed by atoms with Gasteiger partial charge in [0, 0.05) is 25.0 Å². The summed E-state index contributed by atoms with van der Waals surface area (Å²) in [4.78, 5) is 38.3. The molecule has 29 heavy (non-hydrogen) atoms. The highest BCUT2D eigenvalue weighted by Crippen LogP contribution is 2.28. The lowest BCUT2D eigenvalue weighted by atomic mass is 10.1. The average molecular weight is 400 g/mol. The van der Waals surface area contributed by atoms with Crippen LogP contribution < -0.4 is 10.2 Å². The van der Waals surface area contributed by atoms with Crippen LogP contribution in [0.15, 0.2) is 36.8 Å². The van der Waals surface area contributed by atoms with Gasteiger partial charge in [0.25, 0.3) is 0 Å². The predicted octanol–water partition coefficient (Wildman–Crippen LogP) is 2.12. The van der Waals surface area contributed by atoms with Gasteiger partial charge in [-0.3, -0.25) is 4.90 Å². The molecule has 1 aromatic carbocycles. The second kappa shape index (κ2) is 7.62. The van der Waals surface area contributed by atoms with Crippen molar-refractivity contribution in [3.05, 3.63) is 54.1 Å². The van der Waals surface area contributed by atoms with Gasteiger partial charge in [0.2, 0.25) is 0 Å². The Morgan fingerprint density at radius 3 is 3.00 bits per heavy atom. The van der Waals surface area contributed by atoms with Crippen LogP contribution in [0, 0.1) is 5.82 Å². The molecule has 0 bridgehead atoms. The number of ether oxygens (including phenoxy) is 1. The molecular formula is C18H17FN6O4. The number of rotatable bonds is 6. The summed E-state index contributed by atoms with van der Waals surface area (Å²) >= 11 is 0. The number of nitrogens with zero attached hydrogens (tertiary/aromatic N) is 3. The van der Waals surface area contributed by atoms with E-state index in [1.807, 2.05) is 0 Å². The van der Waals surface area contributed by atoms with Gasteiger partial charge in [-0.25, -0.2) is 23.9 Å². The van der Waals surface area contributed by atoms with E-state index in [2.05, 4.69) is 25.3 Å². The van der Waals surface area contributed by atoms with E-state index in [-0.39, 0.29) is 18.7 Å². The molecule has 0 radical (unpaired) electrons. The molecule has 0 aliphatic carbocycles. The average Bonchev–Trinajstić information content (AvgIpc) is 3.42. The van der Waals surface area contributed by atoms with Crippen molar-refractivity contribution in [3.8, 4) is 11.4 Å². The number of H-pyrrole nitrogens is 2. The number of halogens is 1. The lowest BCUT2D eigenvalue weighted by Crippen LogP contribution is -2.33. The third-order valence-corrected chi connectivity index (χ3v) is 4.41. The monoisotopic (exact) mass is 400 g/mol. The predicted molar refractivity (Wildman–Crippen MR) is 99.0 cm³/mol. The van der Waals surface area contributed by atoms with Gasteiger partial charge in [-0.15, -0.1) is 0 Å². The molecule has 0 saturated carbocycles. The standard InChI is InChI=1S/C18H17FN6O4/c19-14-6-11(25-9-12(29-18(25)28)8-23-17(26)27)1-2-13(14)16-22-7-10(24-16)5-15-20-3-4-21-15/h1-4,6-7,12,23H,5,8-9H2,(H,20,21)(H,22,24)(H,26,27). The Balaban J connectivity index is 1.48. The fourth-order valence-corrected chi connectivity index (χ4v) is 3.06. The van der Waals surface area contributed by atoms with Crippen molar-refractivity contribution < 1.29 is 23.8 Å². The van der Waals surface area contributed by atoms with E-state index in [0.29, 0.717) is 23.6 Å². The van der Waals surface area contributed by atoms with E-state index in [9.17, 15) is 14.0 Å². The first kappa shape index (κ1) is 18.5. The summed E-state index contributed by atoms with van der Waals surface area (Å²) in [5.74, 6) is 0.558. The number of anilines is 1. The smallest absolute Gasteiger partial charge is 0.414 e. The number of amides is 2. The van der Waals surface area contributed by atoms with E-state index in [1.54, 1.807) is 24.7 Å². The van der Waals surface area contributed by atoms with Crippen LogP contribution in [0.2, 0.25) is 0 Å². The molecule has 1 atom stereocenters. The maximum Gasteiger partial charge on any atom is 0.414 e. The van der Waals surface area contributed by atoms with E-state index in [4.69, 9.17) is 9.84 Å². The molecular weight excluding hydrogens is 383 g/mol. The molecule has 3 heterocycles. The highest BCUT2D eigenvalue weighted by Gasteiger charge is 2.33. The van der Waals surface area contributed by atoms with Crippen molar-refractivity contribution in [1.82, 2.24) is 25.3 Å². The van der Waals surface area contributed by atoms with Gasteiger partial charge in [0.15, 0.2) is 0 Å². The first-order valence-electron chi connectivity index (χ1n) is 8.77. The number of nitrogens with one attached hydrogen (secondary N) is 3. The zero-order valence-electron chi connectivity index (χ0n) is 15.1. The molecule has 4 N–H and O–H groups in total. The summed E-state index contributed by atoms with van der Waals surface area (Å²) in [5.41, 5.74) is 1.28. The number of imidazole rings is 2. The van der Waals surface area contributed by atoms with Gasteiger partial charge in [-0.2, -0.15) is 0 Å². The van der Waals surface area contributed by atoms with Crippen LogP contribution in [-0.4, -0.2) is 56.4 Å². The number of aromatic nitrogens is 4. The Hall–Kier alpha value is -3.89. The van der Waals surface area contributed by atoms with Gasteiger partial charge >= 0.3 is 12.2 Å². The van der Waals surface area contributed by atoms with Crippen molar-refractivity contribution in [2.45, 2.75) is 12.5 Å². The van der Waals surface area contributed by atoms with E-state index >= 15 is 0 Å². The molecule has 1 saturated heterocycles. The van der Waals surface area contributed by atoms with Crippen molar-refractivity contribution in [2.24, 2.45) is 0 Å². The molecule has 2 aromatic heterocycles. The van der Waals surface area contributed by atoms with E-state index in [0.717, 1.165) is 5.82 Å². The maximum atomic E-state index is 14.7. The van der Waals surface area contributed by atoms with Crippen LogP contribution in [0.3, 0.4) is 0 Å². The Bertz CT molecular complexity index is 1030. The second-order valence-electron chi connectivity index (χ2n) is 6.42. The Labute approximate surface area is 163 Å². The summed E-state index contributed by atoms with van der Waals surface area (Å²) in [6.45, 7) is 0.0783. The summed E-state index contributed by atoms with van der Waals surface area (Å²) in [7, 11) is 0. The summed E-state index contributed by atoms with van der Waals surface area (Å²) in [5, 5.41) is 10.8. The molecule has 11 heteroatoms. The third kappa shape index (κ3) is 4.03. The van der Waals surface area contributed by atoms with E-state index < -0.39 is 24.1 Å². The number of aromatic amines is 2. The summed E-state index contributed by atoms with van der Waals surface area (Å²) < 4.78 is 19.8. The van der Waals surface area contributed by atoms with Gasteiger partial charge < -0.3 is 25.1 Å². The van der Waals surface area contributed by atoms with Crippen LogP contribution in [0.1, 0.15) is 11.5 Å². The fraction of sp³-hybridized carbons (Fsp3) is 0.222. The number of carbonyl (C=O) groups is 2. The first-order chi connectivity index (χ1) is 14.0. The molecule has 2 amide bonds. The molecule has 10 nitrogen and oxygen atoms in total. The van der Waals surface area contributed by atoms with Gasteiger partial charge in [-0.05, 0) is 18.2 Å². The highest BCUT2D eigenvalue weighted by molar-refractivity contribution is 5.90. The molecule has 4 rings (SSSR count). The number of cyclic esters (lactones) is 1. The Morgan fingerprint density at radius 2 is 2.28 bits per heavy atom. The molecule has 1 aliphatic rings. The number of benzene rings is 1. The zero-order chi connectivity index (χ0) is 20.4. The van der Waals surface area contributed by atoms with Crippen LogP contribution >= 0.6 is 0 Å². The largest absolute Gasteiger partial charge is 0.465 e. The number of hydrogen-bond donors (Lipinski definition) is 4. The molecule has 1 unspecified atom stereocenters. The minimum atomic E-state index is -1.21. The van der Waals surface area contributed by atoms with Gasteiger partial charge in [0.1, 0.15) is 23.6 Å². The maximum absolute atomic E-state index is 14.7. The van der Waals surface area contributed by atoms with Crippen molar-refractivity contribution in [3.63, 3.8) is 0 Å². The van der Waals surface area contributed by atoms with Crippen molar-refractivity contribution in [2.75, 3.05) is 18.0 Å². The molecule has 0 spiro atoms. The lowest BCUT2D eigenvalue weighted by Gasteiger charge is -2.14. The van der Waals surface area contributed by atoms with Crippen LogP contribution in [0.5, 0.6) is 0 Å². The number of hydrogen-bond acceptors (Lipinski definition) is 5. The number of carboxylic acid groups (broad SMARTS) is 1. The fourth-order valence-electron chi connectivity index (χ4n) is 3.06. The van der Waals surface area contributed by atoms with Crippen LogP contribution in [0.4, 0.5) is 19.7 Å². The minimum Gasteiger partial charge on any atom is -0.465 e. The highest BCUT2D eigenvalue weighted by atomic mass is 19.1. The van der Waals surface area contributed by atoms with E-state index in [1.165, 1.54) is 17.0 Å². The second-order valence-corrected chi connectivity index (χ2v) is 6.42. The summed E-state index contributed by atoms with van der Waals surface area (Å²) in [6.07, 6.45) is 3.01. The molecule has 1 aliphatic heterocycles. The first-order valence-corrected chi connectivity index (χ1v) is 8.77. The molecule has 150 valence electrons. The number of carbonyl (C=O) groups excluding carboxylic acids is 1. The zero-order valence-corrected chi connectivity index (χ0v) is 15.1. The van der Waals surface area contributed by atoms with Crippen LogP contribution in [0.25, 0.3) is 11.4 Å². The SMILES string of the molecule is O=C(O)NCC1CN(c2ccc(-c3nc(Cc4ncc[nH]4)c[nH]3)c(F)c2)C(=O)O1. The molecule has 1 fully saturated rings. The topological polar surface area (TPSA) is 136 Å². The van der Waals surface area contributed by atoms with Crippen molar-refractivity contribution in [1.29, 1.82) is 0 Å². The van der Waals surface area contributed by atoms with Gasteiger partial charge in [-0.1, -0.05) is 0 Å².